The zero-order chi connectivity index (χ0) is 12.5. The molecular formula is C14H18FNOS. The van der Waals surface area contributed by atoms with Crippen LogP contribution in [0.5, 0.6) is 0 Å². The van der Waals surface area contributed by atoms with Gasteiger partial charge in [0.2, 0.25) is 0 Å². The molecule has 1 saturated carbocycles. The number of aliphatic hydroxyl groups is 1. The van der Waals surface area contributed by atoms with Gasteiger partial charge in [-0.1, -0.05) is 12.1 Å². The van der Waals surface area contributed by atoms with E-state index in [9.17, 15) is 9.50 Å². The average Bonchev–Trinajstić information content (AvgIpc) is 3.21. The number of aliphatic hydroxyl groups excluding tert-OH is 1. The maximum Gasteiger partial charge on any atom is 0.137 e. The number of halogens is 1. The van der Waals surface area contributed by atoms with E-state index in [1.807, 2.05) is 6.07 Å². The van der Waals surface area contributed by atoms with Crippen LogP contribution in [0.3, 0.4) is 0 Å². The summed E-state index contributed by atoms with van der Waals surface area (Å²) in [6.07, 6.45) is 3.05. The van der Waals surface area contributed by atoms with Crippen molar-refractivity contribution in [2.75, 3.05) is 12.3 Å². The van der Waals surface area contributed by atoms with Crippen molar-refractivity contribution in [2.24, 2.45) is 5.92 Å². The first-order valence-corrected chi connectivity index (χ1v) is 7.57. The second-order valence-electron chi connectivity index (χ2n) is 5.16. The molecule has 4 heteroatoms. The number of hydrogen-bond acceptors (Lipinski definition) is 3. The minimum absolute atomic E-state index is 0.119. The second kappa shape index (κ2) is 5.19. The zero-order valence-electron chi connectivity index (χ0n) is 10.2. The summed E-state index contributed by atoms with van der Waals surface area (Å²) in [6.45, 7) is 0.621. The van der Waals surface area contributed by atoms with E-state index in [0.717, 1.165) is 35.5 Å². The summed E-state index contributed by atoms with van der Waals surface area (Å²) in [5.74, 6) is 1.31. The molecule has 0 spiro atoms. The lowest BCUT2D eigenvalue weighted by Crippen LogP contribution is -2.33. The van der Waals surface area contributed by atoms with Crippen LogP contribution in [0, 0.1) is 11.7 Å². The molecule has 1 heterocycles. The third kappa shape index (κ3) is 2.56. The van der Waals surface area contributed by atoms with E-state index in [0.29, 0.717) is 12.5 Å². The lowest BCUT2D eigenvalue weighted by molar-refractivity contribution is 0.144. The SMILES string of the molecule is OC(CNC1CCSc2c(F)cccc21)C1CC1. The molecule has 0 radical (unpaired) electrons. The molecule has 2 unspecified atom stereocenters. The molecule has 1 aromatic carbocycles. The van der Waals surface area contributed by atoms with E-state index in [1.54, 1.807) is 17.8 Å². The summed E-state index contributed by atoms with van der Waals surface area (Å²) in [6, 6.07) is 5.47. The van der Waals surface area contributed by atoms with Gasteiger partial charge in [-0.15, -0.1) is 11.8 Å². The number of thioether (sulfide) groups is 1. The number of rotatable bonds is 4. The molecule has 2 N–H and O–H groups in total. The molecule has 98 valence electrons. The van der Waals surface area contributed by atoms with Gasteiger partial charge in [0.25, 0.3) is 0 Å². The predicted octanol–water partition coefficient (Wildman–Crippen LogP) is 2.72. The Morgan fingerprint density at radius 3 is 3.00 bits per heavy atom. The molecule has 0 amide bonds. The van der Waals surface area contributed by atoms with Crippen LogP contribution in [0.15, 0.2) is 23.1 Å². The molecule has 2 atom stereocenters. The molecule has 1 fully saturated rings. The average molecular weight is 267 g/mol. The Balaban J connectivity index is 1.69. The van der Waals surface area contributed by atoms with Crippen molar-refractivity contribution in [1.82, 2.24) is 5.32 Å². The molecule has 2 nitrogen and oxygen atoms in total. The Bertz CT molecular complexity index is 436. The van der Waals surface area contributed by atoms with Crippen LogP contribution >= 0.6 is 11.8 Å². The van der Waals surface area contributed by atoms with E-state index in [-0.39, 0.29) is 18.0 Å². The fourth-order valence-corrected chi connectivity index (χ4v) is 3.65. The molecular weight excluding hydrogens is 249 g/mol. The third-order valence-corrected chi connectivity index (χ3v) is 4.92. The van der Waals surface area contributed by atoms with Gasteiger partial charge in [-0.3, -0.25) is 0 Å². The highest BCUT2D eigenvalue weighted by Gasteiger charge is 2.30. The minimum Gasteiger partial charge on any atom is -0.392 e. The van der Waals surface area contributed by atoms with Gasteiger partial charge in [-0.05, 0) is 42.6 Å². The molecule has 2 aliphatic rings. The van der Waals surface area contributed by atoms with E-state index < -0.39 is 0 Å². The quantitative estimate of drug-likeness (QED) is 0.880. The van der Waals surface area contributed by atoms with E-state index in [4.69, 9.17) is 0 Å². The lowest BCUT2D eigenvalue weighted by Gasteiger charge is -2.27. The van der Waals surface area contributed by atoms with Crippen LogP contribution in [-0.4, -0.2) is 23.5 Å². The van der Waals surface area contributed by atoms with E-state index >= 15 is 0 Å². The van der Waals surface area contributed by atoms with Crippen LogP contribution < -0.4 is 5.32 Å². The monoisotopic (exact) mass is 267 g/mol. The fraction of sp³-hybridized carbons (Fsp3) is 0.571. The Labute approximate surface area is 111 Å². The van der Waals surface area contributed by atoms with Gasteiger partial charge >= 0.3 is 0 Å². The Hall–Kier alpha value is -0.580. The first-order chi connectivity index (χ1) is 8.75. The highest BCUT2D eigenvalue weighted by atomic mass is 32.2. The standard InChI is InChI=1S/C14H18FNOS/c15-11-3-1-2-10-12(6-7-18-14(10)11)16-8-13(17)9-4-5-9/h1-3,9,12-13,16-17H,4-8H2. The van der Waals surface area contributed by atoms with Crippen molar-refractivity contribution in [3.63, 3.8) is 0 Å². The second-order valence-corrected chi connectivity index (χ2v) is 6.27. The number of nitrogens with one attached hydrogen (secondary N) is 1. The van der Waals surface area contributed by atoms with Crippen LogP contribution in [0.1, 0.15) is 30.9 Å². The Morgan fingerprint density at radius 1 is 1.39 bits per heavy atom. The Morgan fingerprint density at radius 2 is 2.22 bits per heavy atom. The zero-order valence-corrected chi connectivity index (χ0v) is 11.0. The van der Waals surface area contributed by atoms with Gasteiger partial charge in [0, 0.05) is 17.5 Å². The van der Waals surface area contributed by atoms with Crippen LogP contribution in [0.25, 0.3) is 0 Å². The smallest absolute Gasteiger partial charge is 0.137 e. The molecule has 18 heavy (non-hydrogen) atoms. The van der Waals surface area contributed by atoms with Gasteiger partial charge in [-0.2, -0.15) is 0 Å². The van der Waals surface area contributed by atoms with Crippen molar-refractivity contribution in [3.05, 3.63) is 29.6 Å². The molecule has 1 aromatic rings. The molecule has 0 saturated heterocycles. The molecule has 0 bridgehead atoms. The summed E-state index contributed by atoms with van der Waals surface area (Å²) in [5.41, 5.74) is 1.05. The van der Waals surface area contributed by atoms with E-state index in [2.05, 4.69) is 5.32 Å². The van der Waals surface area contributed by atoms with Gasteiger partial charge in [-0.25, -0.2) is 4.39 Å². The van der Waals surface area contributed by atoms with Crippen molar-refractivity contribution in [1.29, 1.82) is 0 Å². The fourth-order valence-electron chi connectivity index (χ4n) is 2.51. The normalized spacial score (nSPS) is 24.7. The summed E-state index contributed by atoms with van der Waals surface area (Å²) < 4.78 is 13.7. The highest BCUT2D eigenvalue weighted by Crippen LogP contribution is 2.38. The number of fused-ring (bicyclic) bond motifs is 1. The maximum atomic E-state index is 13.7. The van der Waals surface area contributed by atoms with Gasteiger partial charge in [0.05, 0.1) is 6.10 Å². The summed E-state index contributed by atoms with van der Waals surface area (Å²) in [7, 11) is 0. The van der Waals surface area contributed by atoms with Crippen molar-refractivity contribution in [2.45, 2.75) is 36.3 Å². The molecule has 3 rings (SSSR count). The topological polar surface area (TPSA) is 32.3 Å². The van der Waals surface area contributed by atoms with E-state index in [1.165, 1.54) is 6.07 Å². The minimum atomic E-state index is -0.239. The number of benzene rings is 1. The summed E-state index contributed by atoms with van der Waals surface area (Å²) >= 11 is 1.59. The third-order valence-electron chi connectivity index (χ3n) is 3.77. The first kappa shape index (κ1) is 12.5. The van der Waals surface area contributed by atoms with Crippen molar-refractivity contribution < 1.29 is 9.50 Å². The summed E-state index contributed by atoms with van der Waals surface area (Å²) in [4.78, 5) is 0.780. The molecule has 1 aliphatic heterocycles. The molecule has 1 aliphatic carbocycles. The predicted molar refractivity (Wildman–Crippen MR) is 71.2 cm³/mol. The van der Waals surface area contributed by atoms with Gasteiger partial charge in [0.1, 0.15) is 5.82 Å². The largest absolute Gasteiger partial charge is 0.392 e. The van der Waals surface area contributed by atoms with Gasteiger partial charge in [0.15, 0.2) is 0 Å². The number of hydrogen-bond donors (Lipinski definition) is 2. The molecule has 0 aromatic heterocycles. The lowest BCUT2D eigenvalue weighted by atomic mass is 10.0. The van der Waals surface area contributed by atoms with Crippen molar-refractivity contribution in [3.8, 4) is 0 Å². The maximum absolute atomic E-state index is 13.7. The van der Waals surface area contributed by atoms with Crippen molar-refractivity contribution >= 4 is 11.8 Å². The van der Waals surface area contributed by atoms with Crippen LogP contribution in [0.4, 0.5) is 4.39 Å². The summed E-state index contributed by atoms with van der Waals surface area (Å²) in [5, 5.41) is 13.3. The highest BCUT2D eigenvalue weighted by molar-refractivity contribution is 7.99. The Kier molecular flexibility index (Phi) is 3.59. The van der Waals surface area contributed by atoms with Crippen LogP contribution in [0.2, 0.25) is 0 Å². The van der Waals surface area contributed by atoms with Crippen LogP contribution in [-0.2, 0) is 0 Å². The first-order valence-electron chi connectivity index (χ1n) is 6.58. The van der Waals surface area contributed by atoms with Gasteiger partial charge < -0.3 is 10.4 Å².